The van der Waals surface area contributed by atoms with Crippen LogP contribution in [0.2, 0.25) is 0 Å². The molecule has 24 heavy (non-hydrogen) atoms. The first-order valence-corrected chi connectivity index (χ1v) is 9.39. The summed E-state index contributed by atoms with van der Waals surface area (Å²) in [6.07, 6.45) is -0.322. The Bertz CT molecular complexity index is 614. The molecule has 0 aliphatic carbocycles. The summed E-state index contributed by atoms with van der Waals surface area (Å²) in [5.41, 5.74) is 0. The summed E-state index contributed by atoms with van der Waals surface area (Å²) in [6, 6.07) is 5.84. The molecule has 136 valence electrons. The molecule has 0 heterocycles. The van der Waals surface area contributed by atoms with Gasteiger partial charge in [-0.2, -0.15) is 0 Å². The molecule has 3 N–H and O–H groups in total. The Morgan fingerprint density at radius 1 is 1.21 bits per heavy atom. The fourth-order valence-corrected chi connectivity index (χ4v) is 2.85. The Hall–Kier alpha value is -1.64. The Kier molecular flexibility index (Phi) is 8.17. The number of aliphatic hydroxyl groups is 1. The van der Waals surface area contributed by atoms with Gasteiger partial charge in [0.2, 0.25) is 10.0 Å². The Balaban J connectivity index is 2.62. The molecular weight excluding hydrogens is 332 g/mol. The SMILES string of the molecule is CC(C)CNC(=O)[C@H](C)Oc1ccc(S(=O)(=O)NCCCO)cc1. The minimum absolute atomic E-state index is 0.0773. The Morgan fingerprint density at radius 3 is 2.38 bits per heavy atom. The van der Waals surface area contributed by atoms with E-state index in [9.17, 15) is 13.2 Å². The highest BCUT2D eigenvalue weighted by Crippen LogP contribution is 2.17. The zero-order valence-electron chi connectivity index (χ0n) is 14.3. The summed E-state index contributed by atoms with van der Waals surface area (Å²) < 4.78 is 31.9. The van der Waals surface area contributed by atoms with E-state index >= 15 is 0 Å². The van der Waals surface area contributed by atoms with Crippen molar-refractivity contribution in [2.24, 2.45) is 5.92 Å². The van der Waals surface area contributed by atoms with Crippen LogP contribution in [-0.2, 0) is 14.8 Å². The second kappa shape index (κ2) is 9.61. The van der Waals surface area contributed by atoms with Crippen molar-refractivity contribution in [2.75, 3.05) is 19.7 Å². The topological polar surface area (TPSA) is 105 Å². The number of ether oxygens (including phenoxy) is 1. The average Bonchev–Trinajstić information content (AvgIpc) is 2.53. The van der Waals surface area contributed by atoms with Crippen molar-refractivity contribution in [1.82, 2.24) is 10.0 Å². The van der Waals surface area contributed by atoms with Crippen molar-refractivity contribution < 1.29 is 23.1 Å². The maximum absolute atomic E-state index is 12.0. The maximum atomic E-state index is 12.0. The lowest BCUT2D eigenvalue weighted by molar-refractivity contribution is -0.127. The normalized spacial score (nSPS) is 12.9. The van der Waals surface area contributed by atoms with Gasteiger partial charge >= 0.3 is 0 Å². The molecule has 1 atom stereocenters. The monoisotopic (exact) mass is 358 g/mol. The molecule has 7 nitrogen and oxygen atoms in total. The van der Waals surface area contributed by atoms with Gasteiger partial charge in [0, 0.05) is 19.7 Å². The molecule has 0 bridgehead atoms. The van der Waals surface area contributed by atoms with E-state index in [0.29, 0.717) is 24.6 Å². The van der Waals surface area contributed by atoms with Gasteiger partial charge < -0.3 is 15.2 Å². The molecule has 0 aliphatic heterocycles. The lowest BCUT2D eigenvalue weighted by atomic mass is 10.2. The van der Waals surface area contributed by atoms with Crippen molar-refractivity contribution in [2.45, 2.75) is 38.2 Å². The predicted octanol–water partition coefficient (Wildman–Crippen LogP) is 0.887. The number of rotatable bonds is 10. The van der Waals surface area contributed by atoms with Crippen molar-refractivity contribution >= 4 is 15.9 Å². The maximum Gasteiger partial charge on any atom is 0.260 e. The number of carbonyl (C=O) groups excluding carboxylic acids is 1. The Morgan fingerprint density at radius 2 is 1.83 bits per heavy atom. The first-order chi connectivity index (χ1) is 11.3. The zero-order chi connectivity index (χ0) is 18.2. The smallest absolute Gasteiger partial charge is 0.260 e. The van der Waals surface area contributed by atoms with Gasteiger partial charge in [0.15, 0.2) is 6.10 Å². The van der Waals surface area contributed by atoms with Gasteiger partial charge in [0.05, 0.1) is 4.90 Å². The fourth-order valence-electron chi connectivity index (χ4n) is 1.77. The summed E-state index contributed by atoms with van der Waals surface area (Å²) in [4.78, 5) is 12.0. The van der Waals surface area contributed by atoms with E-state index in [0.717, 1.165) is 0 Å². The van der Waals surface area contributed by atoms with Crippen LogP contribution in [0, 0.1) is 5.92 Å². The molecule has 0 fully saturated rings. The lowest BCUT2D eigenvalue weighted by Crippen LogP contribution is -2.38. The first-order valence-electron chi connectivity index (χ1n) is 7.91. The van der Waals surface area contributed by atoms with Crippen LogP contribution in [-0.4, -0.2) is 45.2 Å². The number of aliphatic hydroxyl groups excluding tert-OH is 1. The van der Waals surface area contributed by atoms with Crippen molar-refractivity contribution in [1.29, 1.82) is 0 Å². The quantitative estimate of drug-likeness (QED) is 0.539. The van der Waals surface area contributed by atoms with Crippen LogP contribution in [0.3, 0.4) is 0 Å². The van der Waals surface area contributed by atoms with Gasteiger partial charge in [-0.25, -0.2) is 13.1 Å². The van der Waals surface area contributed by atoms with Gasteiger partial charge in [-0.15, -0.1) is 0 Å². The number of carbonyl (C=O) groups is 1. The van der Waals surface area contributed by atoms with Crippen LogP contribution in [0.15, 0.2) is 29.2 Å². The predicted molar refractivity (Wildman–Crippen MR) is 91.3 cm³/mol. The zero-order valence-corrected chi connectivity index (χ0v) is 15.1. The van der Waals surface area contributed by atoms with Crippen LogP contribution >= 0.6 is 0 Å². The van der Waals surface area contributed by atoms with E-state index < -0.39 is 16.1 Å². The average molecular weight is 358 g/mol. The summed E-state index contributed by atoms with van der Waals surface area (Å²) >= 11 is 0. The molecule has 0 spiro atoms. The number of amides is 1. The molecule has 1 amide bonds. The molecule has 0 aliphatic rings. The minimum atomic E-state index is -3.61. The number of sulfonamides is 1. The van der Waals surface area contributed by atoms with E-state index in [2.05, 4.69) is 10.0 Å². The number of hydrogen-bond acceptors (Lipinski definition) is 5. The highest BCUT2D eigenvalue weighted by Gasteiger charge is 2.16. The van der Waals surface area contributed by atoms with Crippen LogP contribution in [0.1, 0.15) is 27.2 Å². The summed E-state index contributed by atoms with van der Waals surface area (Å²) in [5.74, 6) is 0.548. The van der Waals surface area contributed by atoms with Crippen molar-refractivity contribution in [3.8, 4) is 5.75 Å². The largest absolute Gasteiger partial charge is 0.481 e. The van der Waals surface area contributed by atoms with E-state index in [1.54, 1.807) is 6.92 Å². The van der Waals surface area contributed by atoms with Crippen molar-refractivity contribution in [3.05, 3.63) is 24.3 Å². The van der Waals surface area contributed by atoms with Gasteiger partial charge in [0.25, 0.3) is 5.91 Å². The highest BCUT2D eigenvalue weighted by atomic mass is 32.2. The van der Waals surface area contributed by atoms with E-state index in [4.69, 9.17) is 9.84 Å². The second-order valence-corrected chi connectivity index (χ2v) is 7.61. The van der Waals surface area contributed by atoms with E-state index in [1.807, 2.05) is 13.8 Å². The number of benzene rings is 1. The molecule has 0 aromatic heterocycles. The van der Waals surface area contributed by atoms with Crippen molar-refractivity contribution in [3.63, 3.8) is 0 Å². The minimum Gasteiger partial charge on any atom is -0.481 e. The third-order valence-corrected chi connectivity index (χ3v) is 4.60. The molecule has 0 saturated carbocycles. The summed E-state index contributed by atoms with van der Waals surface area (Å²) in [5, 5.41) is 11.5. The van der Waals surface area contributed by atoms with Crippen LogP contribution in [0.4, 0.5) is 0 Å². The third kappa shape index (κ3) is 6.86. The summed E-state index contributed by atoms with van der Waals surface area (Å²) in [7, 11) is -3.61. The second-order valence-electron chi connectivity index (χ2n) is 5.85. The van der Waals surface area contributed by atoms with Crippen LogP contribution in [0.25, 0.3) is 0 Å². The molecular formula is C16H26N2O5S. The lowest BCUT2D eigenvalue weighted by Gasteiger charge is -2.16. The summed E-state index contributed by atoms with van der Waals surface area (Å²) in [6.45, 7) is 6.30. The molecule has 1 aromatic rings. The molecule has 1 aromatic carbocycles. The standard InChI is InChI=1S/C16H26N2O5S/c1-12(2)11-17-16(20)13(3)23-14-5-7-15(8-6-14)24(21,22)18-9-4-10-19/h5-8,12-13,18-19H,4,9-11H2,1-3H3,(H,17,20)/t13-/m0/s1. The van der Waals surface area contributed by atoms with Gasteiger partial charge in [-0.3, -0.25) is 4.79 Å². The molecule has 0 saturated heterocycles. The fraction of sp³-hybridized carbons (Fsp3) is 0.562. The molecule has 0 unspecified atom stereocenters. The highest BCUT2D eigenvalue weighted by molar-refractivity contribution is 7.89. The molecule has 1 rings (SSSR count). The van der Waals surface area contributed by atoms with Gasteiger partial charge in [0.1, 0.15) is 5.75 Å². The molecule has 0 radical (unpaired) electrons. The van der Waals surface area contributed by atoms with Gasteiger partial charge in [-0.1, -0.05) is 13.8 Å². The first kappa shape index (κ1) is 20.4. The molecule has 8 heteroatoms. The van der Waals surface area contributed by atoms with E-state index in [1.165, 1.54) is 24.3 Å². The van der Waals surface area contributed by atoms with Gasteiger partial charge in [-0.05, 0) is 43.5 Å². The number of nitrogens with one attached hydrogen (secondary N) is 2. The van der Waals surface area contributed by atoms with E-state index in [-0.39, 0.29) is 24.0 Å². The number of hydrogen-bond donors (Lipinski definition) is 3. The van der Waals surface area contributed by atoms with Crippen LogP contribution < -0.4 is 14.8 Å². The Labute approximate surface area is 143 Å². The third-order valence-electron chi connectivity index (χ3n) is 3.13. The van der Waals surface area contributed by atoms with Crippen LogP contribution in [0.5, 0.6) is 5.75 Å².